The number of cyclic esters (lactones) is 1. The molecule has 9 nitrogen and oxygen atoms in total. The maximum Gasteiger partial charge on any atom is 0.416 e. The molecular weight excluding hydrogens is 490 g/mol. The molecule has 212 valence electrons. The third-order valence-electron chi connectivity index (χ3n) is 9.96. The van der Waals surface area contributed by atoms with E-state index < -0.39 is 48.0 Å². The first-order valence-corrected chi connectivity index (χ1v) is 13.9. The SMILES string of the molecule is C=C1C2CC3C(C(C)C)C(OC(=O)NC(=O)OCC)CC3(C)CC2C(C)=CCC2C(C)OC(=O)C(O)C12O. The zero-order chi connectivity index (χ0) is 28.2. The van der Waals surface area contributed by atoms with E-state index in [9.17, 15) is 24.6 Å². The Kier molecular flexibility index (Phi) is 7.76. The molecule has 9 heteroatoms. The molecule has 1 saturated heterocycles. The Bertz CT molecular complexity index is 1020. The summed E-state index contributed by atoms with van der Waals surface area (Å²) in [5.41, 5.74) is -0.255. The van der Waals surface area contributed by atoms with Crippen molar-refractivity contribution in [3.8, 4) is 0 Å². The van der Waals surface area contributed by atoms with Gasteiger partial charge in [0, 0.05) is 11.8 Å². The van der Waals surface area contributed by atoms with E-state index in [1.54, 1.807) is 13.8 Å². The van der Waals surface area contributed by atoms with E-state index >= 15 is 0 Å². The molecule has 10 atom stereocenters. The minimum atomic E-state index is -1.79. The summed E-state index contributed by atoms with van der Waals surface area (Å²) in [6.45, 7) is 16.4. The van der Waals surface area contributed by atoms with Gasteiger partial charge in [0.15, 0.2) is 6.10 Å². The molecule has 0 aromatic heterocycles. The van der Waals surface area contributed by atoms with Crippen LogP contribution in [0.25, 0.3) is 0 Å². The Labute approximate surface area is 225 Å². The molecule has 4 rings (SSSR count). The van der Waals surface area contributed by atoms with Gasteiger partial charge in [0.05, 0.1) is 6.61 Å². The highest BCUT2D eigenvalue weighted by Gasteiger charge is 2.62. The minimum absolute atomic E-state index is 0.0158. The second-order valence-corrected chi connectivity index (χ2v) is 12.4. The molecule has 3 aliphatic carbocycles. The molecular formula is C29H43NO8. The first-order chi connectivity index (χ1) is 17.7. The van der Waals surface area contributed by atoms with Crippen molar-refractivity contribution < 1.29 is 38.8 Å². The van der Waals surface area contributed by atoms with Gasteiger partial charge in [-0.3, -0.25) is 0 Å². The van der Waals surface area contributed by atoms with E-state index in [1.165, 1.54) is 5.57 Å². The van der Waals surface area contributed by atoms with Crippen LogP contribution in [0.5, 0.6) is 0 Å². The number of amides is 2. The van der Waals surface area contributed by atoms with Crippen LogP contribution >= 0.6 is 0 Å². The summed E-state index contributed by atoms with van der Waals surface area (Å²) in [7, 11) is 0. The molecule has 0 spiro atoms. The molecule has 0 aromatic rings. The summed E-state index contributed by atoms with van der Waals surface area (Å²) >= 11 is 0. The van der Waals surface area contributed by atoms with Crippen LogP contribution in [0, 0.1) is 40.9 Å². The molecule has 2 amide bonds. The van der Waals surface area contributed by atoms with E-state index in [-0.39, 0.29) is 41.6 Å². The van der Waals surface area contributed by atoms with E-state index in [0.29, 0.717) is 24.8 Å². The van der Waals surface area contributed by atoms with Crippen molar-refractivity contribution >= 4 is 18.2 Å². The van der Waals surface area contributed by atoms with Crippen molar-refractivity contribution in [3.63, 3.8) is 0 Å². The molecule has 0 aromatic carbocycles. The summed E-state index contributed by atoms with van der Waals surface area (Å²) in [5, 5.41) is 25.0. The van der Waals surface area contributed by atoms with E-state index in [4.69, 9.17) is 14.2 Å². The van der Waals surface area contributed by atoms with Crippen LogP contribution in [0.15, 0.2) is 23.8 Å². The Morgan fingerprint density at radius 3 is 2.55 bits per heavy atom. The summed E-state index contributed by atoms with van der Waals surface area (Å²) in [6.07, 6.45) is 0.399. The van der Waals surface area contributed by atoms with E-state index in [2.05, 4.69) is 45.7 Å². The highest BCUT2D eigenvalue weighted by atomic mass is 16.6. The number of aliphatic hydroxyl groups is 2. The summed E-state index contributed by atoms with van der Waals surface area (Å²) in [5.74, 6) is -1.09. The van der Waals surface area contributed by atoms with Crippen molar-refractivity contribution in [1.29, 1.82) is 0 Å². The first-order valence-electron chi connectivity index (χ1n) is 13.9. The fourth-order valence-electron chi connectivity index (χ4n) is 8.14. The van der Waals surface area contributed by atoms with Crippen molar-refractivity contribution in [2.45, 2.75) is 91.1 Å². The van der Waals surface area contributed by atoms with Crippen LogP contribution in [0.4, 0.5) is 9.59 Å². The second kappa shape index (κ2) is 10.3. The highest BCUT2D eigenvalue weighted by Crippen LogP contribution is 2.63. The normalized spacial score (nSPS) is 42.5. The van der Waals surface area contributed by atoms with Gasteiger partial charge in [0.25, 0.3) is 0 Å². The Hall–Kier alpha value is -2.39. The average Bonchev–Trinajstić information content (AvgIpc) is 3.11. The van der Waals surface area contributed by atoms with Crippen molar-refractivity contribution in [1.82, 2.24) is 5.32 Å². The number of hydrogen-bond donors (Lipinski definition) is 3. The van der Waals surface area contributed by atoms with Gasteiger partial charge < -0.3 is 24.4 Å². The van der Waals surface area contributed by atoms with Gasteiger partial charge in [-0.2, -0.15) is 0 Å². The number of carbonyl (C=O) groups excluding carboxylic acids is 3. The zero-order valence-electron chi connectivity index (χ0n) is 23.4. The number of alkyl carbamates (subject to hydrolysis) is 2. The summed E-state index contributed by atoms with van der Waals surface area (Å²) in [6, 6.07) is 0. The van der Waals surface area contributed by atoms with Crippen LogP contribution in [-0.2, 0) is 19.0 Å². The molecule has 0 bridgehead atoms. The molecule has 38 heavy (non-hydrogen) atoms. The summed E-state index contributed by atoms with van der Waals surface area (Å²) < 4.78 is 16.0. The van der Waals surface area contributed by atoms with Gasteiger partial charge in [-0.15, -0.1) is 0 Å². The minimum Gasteiger partial charge on any atom is -0.460 e. The lowest BCUT2D eigenvalue weighted by Gasteiger charge is -2.54. The van der Waals surface area contributed by atoms with Crippen LogP contribution in [0.3, 0.4) is 0 Å². The number of carbonyl (C=O) groups is 3. The van der Waals surface area contributed by atoms with Gasteiger partial charge in [-0.25, -0.2) is 19.7 Å². The fraction of sp³-hybridized carbons (Fsp3) is 0.759. The number of nitrogens with one attached hydrogen (secondary N) is 1. The maximum absolute atomic E-state index is 12.5. The number of ether oxygens (including phenoxy) is 3. The molecule has 10 unspecified atom stereocenters. The topological polar surface area (TPSA) is 131 Å². The number of imide groups is 1. The molecule has 0 radical (unpaired) electrons. The Morgan fingerprint density at radius 1 is 1.24 bits per heavy atom. The van der Waals surface area contributed by atoms with Gasteiger partial charge in [0.1, 0.15) is 17.8 Å². The zero-order valence-corrected chi connectivity index (χ0v) is 23.4. The fourth-order valence-corrected chi connectivity index (χ4v) is 8.14. The summed E-state index contributed by atoms with van der Waals surface area (Å²) in [4.78, 5) is 36.8. The van der Waals surface area contributed by atoms with Crippen molar-refractivity contribution in [2.75, 3.05) is 6.61 Å². The lowest BCUT2D eigenvalue weighted by molar-refractivity contribution is -0.209. The second-order valence-electron chi connectivity index (χ2n) is 12.4. The molecule has 3 N–H and O–H groups in total. The number of rotatable bonds is 3. The quantitative estimate of drug-likeness (QED) is 0.280. The van der Waals surface area contributed by atoms with Crippen LogP contribution in [-0.4, -0.2) is 58.9 Å². The number of hydrogen-bond acceptors (Lipinski definition) is 8. The number of aliphatic hydroxyl groups excluding tert-OH is 1. The lowest BCUT2D eigenvalue weighted by atomic mass is 9.53. The highest BCUT2D eigenvalue weighted by molar-refractivity contribution is 5.87. The van der Waals surface area contributed by atoms with E-state index in [0.717, 1.165) is 6.42 Å². The Balaban J connectivity index is 1.66. The smallest absolute Gasteiger partial charge is 0.416 e. The molecule has 3 fully saturated rings. The van der Waals surface area contributed by atoms with Crippen molar-refractivity contribution in [3.05, 3.63) is 23.8 Å². The lowest BCUT2D eigenvalue weighted by Crippen LogP contribution is -2.63. The monoisotopic (exact) mass is 533 g/mol. The predicted molar refractivity (Wildman–Crippen MR) is 139 cm³/mol. The maximum atomic E-state index is 12.5. The molecule has 1 aliphatic heterocycles. The third kappa shape index (κ3) is 4.66. The first kappa shape index (κ1) is 28.6. The average molecular weight is 534 g/mol. The van der Waals surface area contributed by atoms with Crippen molar-refractivity contribution in [2.24, 2.45) is 40.9 Å². The molecule has 2 saturated carbocycles. The van der Waals surface area contributed by atoms with Crippen LogP contribution in [0.1, 0.15) is 67.2 Å². The largest absolute Gasteiger partial charge is 0.460 e. The van der Waals surface area contributed by atoms with E-state index in [1.807, 2.05) is 0 Å². The predicted octanol–water partition coefficient (Wildman–Crippen LogP) is 4.12. The van der Waals surface area contributed by atoms with Gasteiger partial charge in [-0.1, -0.05) is 39.0 Å². The molecule has 1 heterocycles. The third-order valence-corrected chi connectivity index (χ3v) is 9.96. The number of esters is 1. The molecule has 4 aliphatic rings. The Morgan fingerprint density at radius 2 is 1.92 bits per heavy atom. The van der Waals surface area contributed by atoms with Gasteiger partial charge in [0.2, 0.25) is 0 Å². The standard InChI is InChI=1S/C29H43NO8/c1-8-36-26(33)30-27(34)38-22-13-28(7)12-19-15(4)9-10-20-17(6)37-25(32)24(31)29(20,35)16(5)18(19)11-21(28)23(22)14(2)3/h9,14,17-24,31,35H,5,8,10-13H2,1-4,6-7H3,(H,30,33,34). The van der Waals surface area contributed by atoms with Gasteiger partial charge in [-0.05, 0) is 81.1 Å². The van der Waals surface area contributed by atoms with Gasteiger partial charge >= 0.3 is 18.2 Å². The number of fused-ring (bicyclic) bond motifs is 3. The number of allylic oxidation sites excluding steroid dienone is 2. The van der Waals surface area contributed by atoms with Crippen LogP contribution in [0.2, 0.25) is 0 Å². The van der Waals surface area contributed by atoms with Crippen LogP contribution < -0.4 is 5.32 Å².